The normalized spacial score (nSPS) is 16.4. The van der Waals surface area contributed by atoms with Crippen molar-refractivity contribution in [1.29, 1.82) is 5.26 Å². The number of benzene rings is 4. The van der Waals surface area contributed by atoms with Gasteiger partial charge in [-0.3, -0.25) is 9.13 Å². The molecule has 8 rings (SSSR count). The molecule has 248 valence electrons. The molecule has 3 aromatic heterocycles. The third kappa shape index (κ3) is 5.07. The highest BCUT2D eigenvalue weighted by Crippen LogP contribution is 2.50. The van der Waals surface area contributed by atoms with Crippen molar-refractivity contribution in [2.45, 2.75) is 50.1 Å². The number of H-pyrrole nitrogens is 1. The van der Waals surface area contributed by atoms with E-state index in [0.29, 0.717) is 46.6 Å². The number of fused-ring (bicyclic) bond motifs is 3. The van der Waals surface area contributed by atoms with Crippen molar-refractivity contribution in [3.8, 4) is 12.0 Å². The Morgan fingerprint density at radius 1 is 0.960 bits per heavy atom. The first-order valence-corrected chi connectivity index (χ1v) is 18.6. The molecule has 1 aliphatic rings. The maximum absolute atomic E-state index is 15.1. The van der Waals surface area contributed by atoms with E-state index in [9.17, 15) is 14.9 Å². The summed E-state index contributed by atoms with van der Waals surface area (Å²) in [4.78, 5) is 43.2. The van der Waals surface area contributed by atoms with Gasteiger partial charge in [0.15, 0.2) is 5.65 Å². The first kappa shape index (κ1) is 31.6. The molecule has 0 saturated heterocycles. The summed E-state index contributed by atoms with van der Waals surface area (Å²) in [6, 6.07) is 31.7. The molecule has 2 N–H and O–H groups in total. The second-order valence-electron chi connectivity index (χ2n) is 13.7. The quantitative estimate of drug-likeness (QED) is 0.204. The van der Waals surface area contributed by atoms with Crippen molar-refractivity contribution in [3.63, 3.8) is 0 Å². The third-order valence-corrected chi connectivity index (χ3v) is 14.9. The van der Waals surface area contributed by atoms with Gasteiger partial charge in [-0.25, -0.2) is 19.2 Å². The predicted molar refractivity (Wildman–Crippen MR) is 193 cm³/mol. The second kappa shape index (κ2) is 12.0. The Hall–Kier alpha value is -5.70. The van der Waals surface area contributed by atoms with Crippen molar-refractivity contribution in [2.24, 2.45) is 0 Å². The Morgan fingerprint density at radius 3 is 2.38 bits per heavy atom. The zero-order chi connectivity index (χ0) is 34.6. The number of aromatic nitrogens is 6. The molecule has 50 heavy (non-hydrogen) atoms. The van der Waals surface area contributed by atoms with Crippen LogP contribution in [0.5, 0.6) is 0 Å². The van der Waals surface area contributed by atoms with Gasteiger partial charge in [0.05, 0.1) is 34.9 Å². The highest BCUT2D eigenvalue weighted by atomic mass is 28.4. The molecule has 9 nitrogen and oxygen atoms in total. The zero-order valence-electron chi connectivity index (χ0n) is 27.6. The van der Waals surface area contributed by atoms with E-state index >= 15 is 4.39 Å². The molecule has 1 aliphatic carbocycles. The van der Waals surface area contributed by atoms with Crippen LogP contribution in [0, 0.1) is 17.1 Å². The van der Waals surface area contributed by atoms with E-state index in [4.69, 9.17) is 4.98 Å². The minimum Gasteiger partial charge on any atom is -0.424 e. The summed E-state index contributed by atoms with van der Waals surface area (Å²) in [5.41, 5.74) is 4.02. The van der Waals surface area contributed by atoms with E-state index in [0.717, 1.165) is 27.9 Å². The summed E-state index contributed by atoms with van der Waals surface area (Å²) in [6.07, 6.45) is 5.11. The van der Waals surface area contributed by atoms with Gasteiger partial charge in [-0.05, 0) is 82.1 Å². The fraction of sp³-hybridized carbons (Fsp3) is 0.205. The molecule has 2 atom stereocenters. The lowest BCUT2D eigenvalue weighted by Crippen LogP contribution is -2.65. The summed E-state index contributed by atoms with van der Waals surface area (Å²) in [7, 11) is -3.30. The van der Waals surface area contributed by atoms with Gasteiger partial charge in [-0.15, -0.1) is 0 Å². The summed E-state index contributed by atoms with van der Waals surface area (Å²) in [6.45, 7) is 4.30. The Kier molecular flexibility index (Phi) is 7.58. The molecule has 0 fully saturated rings. The maximum Gasteiger partial charge on any atom is 0.328 e. The first-order valence-electron chi connectivity index (χ1n) is 16.7. The number of nitriles is 1. The molecule has 7 aromatic rings. The SMILES string of the molecule is CC(C)(C[C@@H]1CC[C@@H](n2c(=O)[nH]c3cnc(-n4cnc5ccc(C#N)cc54)nc32)c2cc(F)ccc21)[Si](O)(c1ccccc1)c1ccccc1. The number of hydrogen-bond donors (Lipinski definition) is 2. The summed E-state index contributed by atoms with van der Waals surface area (Å²) >= 11 is 0. The maximum atomic E-state index is 15.1. The molecular weight excluding hydrogens is 646 g/mol. The largest absolute Gasteiger partial charge is 0.424 e. The van der Waals surface area contributed by atoms with Crippen molar-refractivity contribution in [3.05, 3.63) is 143 Å². The van der Waals surface area contributed by atoms with Crippen LogP contribution in [0.15, 0.2) is 114 Å². The Labute approximate surface area is 288 Å². The molecule has 4 aromatic carbocycles. The van der Waals surface area contributed by atoms with Crippen molar-refractivity contribution < 1.29 is 9.19 Å². The van der Waals surface area contributed by atoms with E-state index in [-0.39, 0.29) is 17.4 Å². The van der Waals surface area contributed by atoms with Crippen molar-refractivity contribution in [1.82, 2.24) is 29.1 Å². The highest BCUT2D eigenvalue weighted by molar-refractivity contribution is 6.98. The van der Waals surface area contributed by atoms with Crippen LogP contribution in [-0.4, -0.2) is 42.2 Å². The predicted octanol–water partition coefficient (Wildman–Crippen LogP) is 5.86. The molecule has 0 radical (unpaired) electrons. The smallest absolute Gasteiger partial charge is 0.328 e. The number of halogens is 1. The number of aromatic amines is 1. The minimum atomic E-state index is -3.30. The van der Waals surface area contributed by atoms with Gasteiger partial charge in [0, 0.05) is 0 Å². The second-order valence-corrected chi connectivity index (χ2v) is 17.7. The third-order valence-electron chi connectivity index (χ3n) is 10.4. The fourth-order valence-electron chi connectivity index (χ4n) is 7.98. The molecule has 3 heterocycles. The topological polar surface area (TPSA) is 125 Å². The van der Waals surface area contributed by atoms with Crippen LogP contribution in [0.3, 0.4) is 0 Å². The van der Waals surface area contributed by atoms with Gasteiger partial charge in [0.25, 0.3) is 8.32 Å². The Bertz CT molecular complexity index is 2440. The number of nitrogens with one attached hydrogen (secondary N) is 1. The van der Waals surface area contributed by atoms with E-state index in [1.165, 1.54) is 12.1 Å². The molecular formula is C39H34FN7O2Si. The van der Waals surface area contributed by atoms with Crippen LogP contribution in [0.2, 0.25) is 5.04 Å². The van der Waals surface area contributed by atoms with Crippen molar-refractivity contribution in [2.75, 3.05) is 0 Å². The molecule has 11 heteroatoms. The van der Waals surface area contributed by atoms with E-state index < -0.39 is 19.4 Å². The minimum absolute atomic E-state index is 0.0148. The van der Waals surface area contributed by atoms with Gasteiger partial charge in [0.1, 0.15) is 17.7 Å². The van der Waals surface area contributed by atoms with Crippen LogP contribution in [0.1, 0.15) is 61.8 Å². The summed E-state index contributed by atoms with van der Waals surface area (Å²) in [5, 5.41) is 10.8. The first-order chi connectivity index (χ1) is 24.2. The van der Waals surface area contributed by atoms with Crippen LogP contribution < -0.4 is 16.1 Å². The van der Waals surface area contributed by atoms with E-state index in [1.54, 1.807) is 39.9 Å². The average Bonchev–Trinajstić information content (AvgIpc) is 3.71. The molecule has 0 aliphatic heterocycles. The molecule has 0 amide bonds. The van der Waals surface area contributed by atoms with Crippen molar-refractivity contribution >= 4 is 40.9 Å². The average molecular weight is 680 g/mol. The van der Waals surface area contributed by atoms with Gasteiger partial charge in [0.2, 0.25) is 5.95 Å². The lowest BCUT2D eigenvalue weighted by atomic mass is 9.76. The zero-order valence-corrected chi connectivity index (χ0v) is 28.6. The highest BCUT2D eigenvalue weighted by Gasteiger charge is 2.51. The van der Waals surface area contributed by atoms with Crippen LogP contribution in [0.25, 0.3) is 28.1 Å². The standard InChI is InChI=1S/C39H34FN7O2Si/c1-39(2,50(49,28-9-5-3-6-10-28)29-11-7-4-8-12-29)21-26-14-18-34(31-20-27(40)15-16-30(26)31)47-36-33(44-38(47)48)23-42-37(45-36)46-24-43-32-17-13-25(22-41)19-35(32)46/h3-13,15-17,19-20,23-24,26,34,49H,14,18,21H2,1-2H3,(H,44,48)/t26-,34+/m0/s1. The van der Waals surface area contributed by atoms with E-state index in [1.807, 2.05) is 66.7 Å². The monoisotopic (exact) mass is 679 g/mol. The van der Waals surface area contributed by atoms with Gasteiger partial charge in [-0.1, -0.05) is 80.6 Å². The lowest BCUT2D eigenvalue weighted by Gasteiger charge is -2.44. The molecule has 0 bridgehead atoms. The van der Waals surface area contributed by atoms with Crippen LogP contribution in [-0.2, 0) is 0 Å². The molecule has 0 spiro atoms. The fourth-order valence-corrected chi connectivity index (χ4v) is 11.8. The Balaban J connectivity index is 1.20. The summed E-state index contributed by atoms with van der Waals surface area (Å²) in [5.74, 6) is -0.0701. The molecule has 0 saturated carbocycles. The number of nitrogens with zero attached hydrogens (tertiary/aromatic N) is 6. The van der Waals surface area contributed by atoms with Crippen LogP contribution >= 0.6 is 0 Å². The van der Waals surface area contributed by atoms with Gasteiger partial charge >= 0.3 is 5.69 Å². The lowest BCUT2D eigenvalue weighted by molar-refractivity contribution is 0.376. The van der Waals surface area contributed by atoms with Gasteiger partial charge in [-0.2, -0.15) is 10.2 Å². The van der Waals surface area contributed by atoms with Crippen LogP contribution in [0.4, 0.5) is 4.39 Å². The number of imidazole rings is 2. The Morgan fingerprint density at radius 2 is 1.68 bits per heavy atom. The molecule has 0 unspecified atom stereocenters. The number of hydrogen-bond acceptors (Lipinski definition) is 6. The number of rotatable bonds is 7. The summed E-state index contributed by atoms with van der Waals surface area (Å²) < 4.78 is 18.4. The van der Waals surface area contributed by atoms with Gasteiger partial charge < -0.3 is 9.78 Å². The van der Waals surface area contributed by atoms with E-state index in [2.05, 4.69) is 34.9 Å².